The first-order chi connectivity index (χ1) is 30.3. The number of esters is 2. The molecule has 0 spiro atoms. The highest BCUT2D eigenvalue weighted by Gasteiger charge is 2.13. The second-order valence-electron chi connectivity index (χ2n) is 15.2. The molecule has 5 aromatic rings. The normalized spacial score (nSPS) is 11.3. The number of phenols is 2. The van der Waals surface area contributed by atoms with Crippen molar-refractivity contribution in [1.82, 2.24) is 0 Å². The average Bonchev–Trinajstić information content (AvgIpc) is 3.28. The van der Waals surface area contributed by atoms with Gasteiger partial charge in [-0.1, -0.05) is 97.0 Å². The zero-order valence-corrected chi connectivity index (χ0v) is 36.1. The third-order valence-electron chi connectivity index (χ3n) is 10.2. The molecule has 5 rings (SSSR count). The van der Waals surface area contributed by atoms with Gasteiger partial charge in [-0.3, -0.25) is 9.98 Å². The summed E-state index contributed by atoms with van der Waals surface area (Å²) in [6.07, 6.45) is 20.0. The lowest BCUT2D eigenvalue weighted by Crippen LogP contribution is -2.10. The van der Waals surface area contributed by atoms with Crippen molar-refractivity contribution in [2.75, 3.05) is 13.2 Å². The van der Waals surface area contributed by atoms with Crippen molar-refractivity contribution >= 4 is 35.7 Å². The molecule has 0 aliphatic rings. The van der Waals surface area contributed by atoms with E-state index in [1.807, 2.05) is 12.1 Å². The topological polar surface area (TPSA) is 136 Å². The van der Waals surface area contributed by atoms with Crippen LogP contribution in [-0.2, 0) is 0 Å². The van der Waals surface area contributed by atoms with Crippen molar-refractivity contribution in [2.24, 2.45) is 9.98 Å². The zero-order chi connectivity index (χ0) is 43.8. The SMILES string of the molecule is CCCCCCCCCOc1ccc(C=Nc2ccc(C(=O)Oc3cccc(OC(=O)c4ccc(N=Cc5ccc(OCCCCCCCCC)cc5O)cc4)c3)cc2)c(O)c1. The minimum Gasteiger partial charge on any atom is -0.507 e. The van der Waals surface area contributed by atoms with Crippen LogP contribution in [0.4, 0.5) is 11.4 Å². The average molecular weight is 841 g/mol. The number of carbonyl (C=O) groups is 2. The van der Waals surface area contributed by atoms with E-state index in [9.17, 15) is 19.8 Å². The first kappa shape index (κ1) is 46.6. The van der Waals surface area contributed by atoms with Crippen LogP contribution in [0.5, 0.6) is 34.5 Å². The summed E-state index contributed by atoms with van der Waals surface area (Å²) in [6.45, 7) is 5.66. The van der Waals surface area contributed by atoms with Gasteiger partial charge >= 0.3 is 11.9 Å². The molecule has 326 valence electrons. The number of nitrogens with zero attached hydrogens (tertiary/aromatic N) is 2. The van der Waals surface area contributed by atoms with E-state index in [4.69, 9.17) is 18.9 Å². The van der Waals surface area contributed by atoms with E-state index in [0.29, 0.717) is 58.3 Å². The summed E-state index contributed by atoms with van der Waals surface area (Å²) in [5, 5.41) is 21.0. The maximum absolute atomic E-state index is 13.0. The molecular formula is C52H60N2O8. The molecule has 2 N–H and O–H groups in total. The lowest BCUT2D eigenvalue weighted by atomic mass is 10.1. The lowest BCUT2D eigenvalue weighted by molar-refractivity contribution is 0.0732. The Balaban J connectivity index is 1.04. The van der Waals surface area contributed by atoms with Crippen LogP contribution in [-0.4, -0.2) is 47.8 Å². The Kier molecular flexibility index (Phi) is 19.6. The molecule has 10 nitrogen and oxygen atoms in total. The van der Waals surface area contributed by atoms with E-state index >= 15 is 0 Å². The highest BCUT2D eigenvalue weighted by Crippen LogP contribution is 2.27. The molecule has 0 bridgehead atoms. The fourth-order valence-electron chi connectivity index (χ4n) is 6.53. The van der Waals surface area contributed by atoms with E-state index in [0.717, 1.165) is 25.7 Å². The van der Waals surface area contributed by atoms with Crippen LogP contribution in [0.3, 0.4) is 0 Å². The minimum atomic E-state index is -0.596. The predicted molar refractivity (Wildman–Crippen MR) is 247 cm³/mol. The molecule has 0 aliphatic heterocycles. The number of aliphatic imine (C=N–C) groups is 2. The maximum atomic E-state index is 13.0. The smallest absolute Gasteiger partial charge is 0.343 e. The Hall–Kier alpha value is -6.42. The quantitative estimate of drug-likeness (QED) is 0.0243. The second-order valence-corrected chi connectivity index (χ2v) is 15.2. The lowest BCUT2D eigenvalue weighted by Gasteiger charge is -2.08. The molecule has 0 aliphatic carbocycles. The van der Waals surface area contributed by atoms with Crippen molar-refractivity contribution in [3.8, 4) is 34.5 Å². The summed E-state index contributed by atoms with van der Waals surface area (Å²) >= 11 is 0. The predicted octanol–water partition coefficient (Wildman–Crippen LogP) is 13.3. The Morgan fingerprint density at radius 2 is 0.855 bits per heavy atom. The Bertz CT molecular complexity index is 2050. The van der Waals surface area contributed by atoms with Gasteiger partial charge in [0.2, 0.25) is 0 Å². The number of hydrogen-bond donors (Lipinski definition) is 2. The zero-order valence-electron chi connectivity index (χ0n) is 36.1. The van der Waals surface area contributed by atoms with E-state index < -0.39 is 11.9 Å². The molecule has 0 radical (unpaired) electrons. The van der Waals surface area contributed by atoms with Crippen molar-refractivity contribution in [3.63, 3.8) is 0 Å². The molecule has 0 aromatic heterocycles. The number of rotatable bonds is 26. The molecule has 0 heterocycles. The van der Waals surface area contributed by atoms with E-state index in [2.05, 4.69) is 23.8 Å². The van der Waals surface area contributed by atoms with Gasteiger partial charge in [-0.15, -0.1) is 0 Å². The van der Waals surface area contributed by atoms with E-state index in [1.165, 1.54) is 70.3 Å². The van der Waals surface area contributed by atoms with Crippen molar-refractivity contribution in [1.29, 1.82) is 0 Å². The van der Waals surface area contributed by atoms with Crippen LogP contribution < -0.4 is 18.9 Å². The fourth-order valence-corrected chi connectivity index (χ4v) is 6.53. The first-order valence-electron chi connectivity index (χ1n) is 22.1. The highest BCUT2D eigenvalue weighted by molar-refractivity contribution is 5.93. The van der Waals surface area contributed by atoms with E-state index in [-0.39, 0.29) is 23.0 Å². The van der Waals surface area contributed by atoms with Crippen LogP contribution in [0, 0.1) is 0 Å². The first-order valence-corrected chi connectivity index (χ1v) is 22.1. The van der Waals surface area contributed by atoms with Crippen LogP contribution in [0.1, 0.15) is 136 Å². The number of hydrogen-bond acceptors (Lipinski definition) is 10. The van der Waals surface area contributed by atoms with Gasteiger partial charge in [0.1, 0.15) is 34.5 Å². The fraction of sp³-hybridized carbons (Fsp3) is 0.346. The summed E-state index contributed by atoms with van der Waals surface area (Å²) < 4.78 is 22.8. The third-order valence-corrected chi connectivity index (χ3v) is 10.2. The molecule has 5 aromatic carbocycles. The number of phenolic OH excluding ortho intramolecular Hbond substituents is 2. The number of carbonyl (C=O) groups excluding carboxylic acids is 2. The van der Waals surface area contributed by atoms with Gasteiger partial charge in [0.05, 0.1) is 35.7 Å². The van der Waals surface area contributed by atoms with Crippen LogP contribution in [0.2, 0.25) is 0 Å². The Morgan fingerprint density at radius 1 is 0.468 bits per heavy atom. The summed E-state index contributed by atoms with van der Waals surface area (Å²) in [7, 11) is 0. The maximum Gasteiger partial charge on any atom is 0.343 e. The number of aromatic hydroxyl groups is 2. The highest BCUT2D eigenvalue weighted by atomic mass is 16.5. The summed E-state index contributed by atoms with van der Waals surface area (Å²) in [5.74, 6) is 0.579. The molecule has 0 saturated heterocycles. The van der Waals surface area contributed by atoms with Gasteiger partial charge in [0, 0.05) is 41.8 Å². The molecule has 0 amide bonds. The standard InChI is InChI=1S/C52H60N2O8/c1-3-5-7-9-11-13-15-32-59-45-30-24-41(49(55)35-45)37-53-43-26-20-39(21-27-43)51(57)61-47-18-17-19-48(34-47)62-52(58)40-22-28-44(29-23-40)54-38-42-25-31-46(36-50(42)56)60-33-16-14-12-10-8-6-4-2/h17-31,34-38,55-56H,3-16,32-33H2,1-2H3. The van der Waals surface area contributed by atoms with Crippen LogP contribution >= 0.6 is 0 Å². The largest absolute Gasteiger partial charge is 0.507 e. The van der Waals surface area contributed by atoms with Crippen molar-refractivity contribution in [2.45, 2.75) is 104 Å². The van der Waals surface area contributed by atoms with Gasteiger partial charge in [-0.05, 0) is 97.8 Å². The van der Waals surface area contributed by atoms with Crippen molar-refractivity contribution < 1.29 is 38.7 Å². The molecular weight excluding hydrogens is 781 g/mol. The number of unbranched alkanes of at least 4 members (excludes halogenated alkanes) is 12. The monoisotopic (exact) mass is 840 g/mol. The Labute approximate surface area is 366 Å². The molecule has 0 atom stereocenters. The van der Waals surface area contributed by atoms with Crippen LogP contribution in [0.25, 0.3) is 0 Å². The third kappa shape index (κ3) is 16.2. The molecule has 0 unspecified atom stereocenters. The molecule has 10 heteroatoms. The van der Waals surface area contributed by atoms with Gasteiger partial charge in [0.15, 0.2) is 0 Å². The molecule has 0 saturated carbocycles. The van der Waals surface area contributed by atoms with Crippen molar-refractivity contribution in [3.05, 3.63) is 131 Å². The van der Waals surface area contributed by atoms with Gasteiger partial charge in [-0.2, -0.15) is 0 Å². The summed E-state index contributed by atoms with van der Waals surface area (Å²) in [5.41, 5.74) is 2.84. The van der Waals surface area contributed by atoms with Gasteiger partial charge in [0.25, 0.3) is 0 Å². The second kappa shape index (κ2) is 26.0. The van der Waals surface area contributed by atoms with Gasteiger partial charge in [-0.25, -0.2) is 9.59 Å². The summed E-state index contributed by atoms with van der Waals surface area (Å²) in [6, 6.07) is 29.7. The van der Waals surface area contributed by atoms with Gasteiger partial charge < -0.3 is 29.2 Å². The number of benzene rings is 5. The van der Waals surface area contributed by atoms with E-state index in [1.54, 1.807) is 103 Å². The van der Waals surface area contributed by atoms with Crippen LogP contribution in [0.15, 0.2) is 119 Å². The minimum absolute atomic E-state index is 0.0672. The molecule has 62 heavy (non-hydrogen) atoms. The summed E-state index contributed by atoms with van der Waals surface area (Å²) in [4.78, 5) is 34.8. The Morgan fingerprint density at radius 3 is 1.24 bits per heavy atom. The number of ether oxygens (including phenoxy) is 4. The molecule has 0 fully saturated rings.